The number of aliphatic hydroxyl groups excluding tert-OH is 1. The van der Waals surface area contributed by atoms with Gasteiger partial charge in [-0.05, 0) is 12.3 Å². The third-order valence-corrected chi connectivity index (χ3v) is 1.86. The largest absolute Gasteiger partial charge is 0.481 e. The van der Waals surface area contributed by atoms with Crippen molar-refractivity contribution in [3.63, 3.8) is 0 Å². The van der Waals surface area contributed by atoms with Gasteiger partial charge in [0.25, 0.3) is 0 Å². The highest BCUT2D eigenvalue weighted by molar-refractivity contribution is 5.67. The maximum Gasteiger partial charge on any atom is 0.306 e. The van der Waals surface area contributed by atoms with E-state index in [1.165, 1.54) is 0 Å². The van der Waals surface area contributed by atoms with Crippen molar-refractivity contribution in [2.24, 2.45) is 5.92 Å². The third kappa shape index (κ3) is 5.53. The standard InChI is InChI=1S/C9H17NO4/c1-6(2)3-7(10-5-11)8(12)4-9(13)14/h5-8,12H,3-4H2,1-2H3,(H,10,11)(H,13,14). The van der Waals surface area contributed by atoms with E-state index in [1.807, 2.05) is 13.8 Å². The Bertz CT molecular complexity index is 193. The van der Waals surface area contributed by atoms with Gasteiger partial charge in [-0.3, -0.25) is 9.59 Å². The zero-order valence-electron chi connectivity index (χ0n) is 8.43. The van der Waals surface area contributed by atoms with E-state index in [9.17, 15) is 14.7 Å². The SMILES string of the molecule is CC(C)CC(NC=O)C(O)CC(=O)O. The van der Waals surface area contributed by atoms with Gasteiger partial charge in [0, 0.05) is 0 Å². The number of amides is 1. The lowest BCUT2D eigenvalue weighted by atomic mass is 9.97. The van der Waals surface area contributed by atoms with Gasteiger partial charge in [-0.15, -0.1) is 0 Å². The number of hydrogen-bond acceptors (Lipinski definition) is 3. The van der Waals surface area contributed by atoms with Crippen LogP contribution in [-0.2, 0) is 9.59 Å². The predicted molar refractivity (Wildman–Crippen MR) is 50.7 cm³/mol. The molecular formula is C9H17NO4. The quantitative estimate of drug-likeness (QED) is 0.508. The molecule has 0 radical (unpaired) electrons. The fourth-order valence-electron chi connectivity index (χ4n) is 1.25. The van der Waals surface area contributed by atoms with Crippen LogP contribution in [0.2, 0.25) is 0 Å². The molecule has 5 nitrogen and oxygen atoms in total. The highest BCUT2D eigenvalue weighted by Crippen LogP contribution is 2.10. The van der Waals surface area contributed by atoms with Crippen LogP contribution in [0, 0.1) is 5.92 Å². The van der Waals surface area contributed by atoms with Crippen molar-refractivity contribution < 1.29 is 19.8 Å². The minimum atomic E-state index is -1.07. The van der Waals surface area contributed by atoms with Crippen LogP contribution in [0.5, 0.6) is 0 Å². The summed E-state index contributed by atoms with van der Waals surface area (Å²) in [5, 5.41) is 20.3. The highest BCUT2D eigenvalue weighted by atomic mass is 16.4. The van der Waals surface area contributed by atoms with Crippen LogP contribution < -0.4 is 5.32 Å². The molecule has 0 heterocycles. The van der Waals surface area contributed by atoms with Gasteiger partial charge in [0.05, 0.1) is 18.6 Å². The third-order valence-electron chi connectivity index (χ3n) is 1.86. The molecule has 0 aromatic rings. The van der Waals surface area contributed by atoms with E-state index in [1.54, 1.807) is 0 Å². The molecular weight excluding hydrogens is 186 g/mol. The maximum absolute atomic E-state index is 10.3. The predicted octanol–water partition coefficient (Wildman–Crippen LogP) is -0.0173. The van der Waals surface area contributed by atoms with Crippen LogP contribution in [0.15, 0.2) is 0 Å². The minimum Gasteiger partial charge on any atom is -0.481 e. The molecule has 82 valence electrons. The molecule has 0 spiro atoms. The van der Waals surface area contributed by atoms with Gasteiger partial charge in [0.2, 0.25) is 6.41 Å². The summed E-state index contributed by atoms with van der Waals surface area (Å²) in [4.78, 5) is 20.5. The number of rotatable bonds is 7. The number of carboxylic acid groups (broad SMARTS) is 1. The van der Waals surface area contributed by atoms with Crippen molar-refractivity contribution in [1.29, 1.82) is 0 Å². The molecule has 0 saturated carbocycles. The van der Waals surface area contributed by atoms with Crippen LogP contribution in [0.1, 0.15) is 26.7 Å². The number of aliphatic hydroxyl groups is 1. The average Bonchev–Trinajstić information content (AvgIpc) is 2.01. The monoisotopic (exact) mass is 203 g/mol. The summed E-state index contributed by atoms with van der Waals surface area (Å²) in [7, 11) is 0. The van der Waals surface area contributed by atoms with Gasteiger partial charge < -0.3 is 15.5 Å². The summed E-state index contributed by atoms with van der Waals surface area (Å²) in [6.45, 7) is 3.87. The second-order valence-electron chi connectivity index (χ2n) is 3.69. The molecule has 3 N–H and O–H groups in total. The van der Waals surface area contributed by atoms with Gasteiger partial charge in [-0.2, -0.15) is 0 Å². The molecule has 0 aliphatic rings. The van der Waals surface area contributed by atoms with Crippen molar-refractivity contribution >= 4 is 12.4 Å². The van der Waals surface area contributed by atoms with Crippen molar-refractivity contribution in [2.45, 2.75) is 38.8 Å². The van der Waals surface area contributed by atoms with Crippen LogP contribution in [-0.4, -0.2) is 34.7 Å². The number of carboxylic acids is 1. The van der Waals surface area contributed by atoms with E-state index < -0.39 is 18.1 Å². The van der Waals surface area contributed by atoms with Crippen LogP contribution in [0.3, 0.4) is 0 Å². The lowest BCUT2D eigenvalue weighted by Gasteiger charge is -2.22. The smallest absolute Gasteiger partial charge is 0.306 e. The molecule has 0 aromatic carbocycles. The topological polar surface area (TPSA) is 86.6 Å². The molecule has 0 bridgehead atoms. The highest BCUT2D eigenvalue weighted by Gasteiger charge is 2.21. The molecule has 0 rings (SSSR count). The van der Waals surface area contributed by atoms with E-state index >= 15 is 0 Å². The van der Waals surface area contributed by atoms with Gasteiger partial charge >= 0.3 is 5.97 Å². The van der Waals surface area contributed by atoms with Gasteiger partial charge in [-0.1, -0.05) is 13.8 Å². The van der Waals surface area contributed by atoms with Crippen molar-refractivity contribution in [2.75, 3.05) is 0 Å². The Labute approximate surface area is 83.1 Å². The number of carbonyl (C=O) groups excluding carboxylic acids is 1. The normalized spacial score (nSPS) is 14.9. The number of aliphatic carboxylic acids is 1. The molecule has 0 aliphatic heterocycles. The van der Waals surface area contributed by atoms with E-state index in [-0.39, 0.29) is 12.3 Å². The lowest BCUT2D eigenvalue weighted by Crippen LogP contribution is -2.41. The van der Waals surface area contributed by atoms with E-state index in [4.69, 9.17) is 5.11 Å². The molecule has 5 heteroatoms. The lowest BCUT2D eigenvalue weighted by molar-refractivity contribution is -0.140. The first kappa shape index (κ1) is 12.9. The fourth-order valence-corrected chi connectivity index (χ4v) is 1.25. The Morgan fingerprint density at radius 1 is 1.50 bits per heavy atom. The molecule has 2 atom stereocenters. The molecule has 0 fully saturated rings. The summed E-state index contributed by atoms with van der Waals surface area (Å²) in [5.41, 5.74) is 0. The summed E-state index contributed by atoms with van der Waals surface area (Å²) < 4.78 is 0. The molecule has 0 saturated heterocycles. The maximum atomic E-state index is 10.3. The average molecular weight is 203 g/mol. The second-order valence-corrected chi connectivity index (χ2v) is 3.69. The Morgan fingerprint density at radius 2 is 2.07 bits per heavy atom. The molecule has 0 aliphatic carbocycles. The van der Waals surface area contributed by atoms with Crippen molar-refractivity contribution in [1.82, 2.24) is 5.32 Å². The Kier molecular flexibility index (Phi) is 5.87. The Morgan fingerprint density at radius 3 is 2.43 bits per heavy atom. The summed E-state index contributed by atoms with van der Waals surface area (Å²) in [6.07, 6.45) is -0.330. The molecule has 14 heavy (non-hydrogen) atoms. The van der Waals surface area contributed by atoms with Gasteiger partial charge in [-0.25, -0.2) is 0 Å². The molecule has 1 amide bonds. The molecule has 2 unspecified atom stereocenters. The van der Waals surface area contributed by atoms with Crippen LogP contribution in [0.25, 0.3) is 0 Å². The first-order valence-corrected chi connectivity index (χ1v) is 4.57. The second kappa shape index (κ2) is 6.37. The minimum absolute atomic E-state index is 0.288. The van der Waals surface area contributed by atoms with E-state index in [0.717, 1.165) is 0 Å². The van der Waals surface area contributed by atoms with E-state index in [2.05, 4.69) is 5.32 Å². The fraction of sp³-hybridized carbons (Fsp3) is 0.778. The first-order valence-electron chi connectivity index (χ1n) is 4.57. The first-order chi connectivity index (χ1) is 6.47. The van der Waals surface area contributed by atoms with Crippen molar-refractivity contribution in [3.05, 3.63) is 0 Å². The summed E-state index contributed by atoms with van der Waals surface area (Å²) >= 11 is 0. The summed E-state index contributed by atoms with van der Waals surface area (Å²) in [6, 6.07) is -0.483. The summed E-state index contributed by atoms with van der Waals surface area (Å²) in [5.74, 6) is -0.783. The number of hydrogen-bond donors (Lipinski definition) is 3. The van der Waals surface area contributed by atoms with Crippen LogP contribution in [0.4, 0.5) is 0 Å². The zero-order chi connectivity index (χ0) is 11.1. The van der Waals surface area contributed by atoms with Gasteiger partial charge in [0.1, 0.15) is 0 Å². The number of nitrogens with one attached hydrogen (secondary N) is 1. The Balaban J connectivity index is 4.16. The zero-order valence-corrected chi connectivity index (χ0v) is 8.43. The number of carbonyl (C=O) groups is 2. The van der Waals surface area contributed by atoms with Crippen LogP contribution >= 0.6 is 0 Å². The Hall–Kier alpha value is -1.10. The van der Waals surface area contributed by atoms with E-state index in [0.29, 0.717) is 12.8 Å². The molecule has 0 aromatic heterocycles. The van der Waals surface area contributed by atoms with Gasteiger partial charge in [0.15, 0.2) is 0 Å². The van der Waals surface area contributed by atoms with Crippen molar-refractivity contribution in [3.8, 4) is 0 Å².